The number of nitrogens with zero attached hydrogens (tertiary/aromatic N) is 3. The van der Waals surface area contributed by atoms with Gasteiger partial charge in [-0.2, -0.15) is 0 Å². The van der Waals surface area contributed by atoms with E-state index in [2.05, 4.69) is 11.8 Å². The number of likely N-dealkylation sites (N-methyl/N-ethyl adjacent to an activating group) is 1. The van der Waals surface area contributed by atoms with Gasteiger partial charge < -0.3 is 9.80 Å². The molecule has 0 aliphatic carbocycles. The lowest BCUT2D eigenvalue weighted by molar-refractivity contribution is -0.131. The average Bonchev–Trinajstić information content (AvgIpc) is 2.72. The first-order chi connectivity index (χ1) is 13.8. The molecule has 1 fully saturated rings. The zero-order valence-corrected chi connectivity index (χ0v) is 18.3. The molecular weight excluding hydrogens is 410 g/mol. The molecule has 1 aliphatic rings. The summed E-state index contributed by atoms with van der Waals surface area (Å²) in [6.07, 6.45) is 0. The Labute approximate surface area is 177 Å². The molecular formula is C21H26ClN3O3S. The number of hydrogen-bond acceptors (Lipinski definition) is 4. The van der Waals surface area contributed by atoms with Gasteiger partial charge in [0.25, 0.3) is 10.0 Å². The van der Waals surface area contributed by atoms with Gasteiger partial charge in [-0.25, -0.2) is 8.42 Å². The van der Waals surface area contributed by atoms with E-state index in [-0.39, 0.29) is 17.3 Å². The molecule has 0 aromatic heterocycles. The van der Waals surface area contributed by atoms with E-state index in [1.165, 1.54) is 28.6 Å². The summed E-state index contributed by atoms with van der Waals surface area (Å²) in [7, 11) is -3.92. The number of anilines is 1. The molecule has 8 heteroatoms. The monoisotopic (exact) mass is 435 g/mol. The van der Waals surface area contributed by atoms with Gasteiger partial charge in [-0.05, 0) is 55.4 Å². The zero-order valence-electron chi connectivity index (χ0n) is 16.7. The second kappa shape index (κ2) is 9.15. The normalized spacial score (nSPS) is 15.3. The number of benzene rings is 2. The summed E-state index contributed by atoms with van der Waals surface area (Å²) >= 11 is 5.92. The Bertz CT molecular complexity index is 955. The van der Waals surface area contributed by atoms with Crippen molar-refractivity contribution in [2.75, 3.05) is 43.6 Å². The Morgan fingerprint density at radius 3 is 2.31 bits per heavy atom. The molecule has 2 aromatic carbocycles. The molecule has 29 heavy (non-hydrogen) atoms. The van der Waals surface area contributed by atoms with Crippen LogP contribution in [-0.2, 0) is 14.8 Å². The maximum absolute atomic E-state index is 13.4. The van der Waals surface area contributed by atoms with Gasteiger partial charge in [0, 0.05) is 31.2 Å². The molecule has 156 valence electrons. The number of halogens is 1. The number of rotatable bonds is 6. The summed E-state index contributed by atoms with van der Waals surface area (Å²) in [6.45, 7) is 7.51. The smallest absolute Gasteiger partial charge is 0.264 e. The molecule has 0 bridgehead atoms. The van der Waals surface area contributed by atoms with Gasteiger partial charge in [-0.1, -0.05) is 30.7 Å². The number of amides is 1. The Morgan fingerprint density at radius 2 is 1.72 bits per heavy atom. The van der Waals surface area contributed by atoms with Crippen LogP contribution in [0.2, 0.25) is 5.02 Å². The third-order valence-corrected chi connectivity index (χ3v) is 7.18. The van der Waals surface area contributed by atoms with E-state index in [1.807, 2.05) is 13.0 Å². The van der Waals surface area contributed by atoms with Crippen LogP contribution in [0.25, 0.3) is 0 Å². The first-order valence-corrected chi connectivity index (χ1v) is 11.5. The van der Waals surface area contributed by atoms with Crippen LogP contribution in [0.5, 0.6) is 0 Å². The van der Waals surface area contributed by atoms with E-state index < -0.39 is 10.0 Å². The first kappa shape index (κ1) is 21.6. The quantitative estimate of drug-likeness (QED) is 0.699. The lowest BCUT2D eigenvalue weighted by Crippen LogP contribution is -2.51. The van der Waals surface area contributed by atoms with Crippen LogP contribution in [-0.4, -0.2) is 63.4 Å². The van der Waals surface area contributed by atoms with Crippen molar-refractivity contribution in [2.24, 2.45) is 0 Å². The standard InChI is InChI=1S/C21H26ClN3O3S/c1-3-23-11-13-24(14-12-23)21(26)16-25(19-6-4-5-17(2)15-19)29(27,28)20-9-7-18(22)8-10-20/h4-10,15H,3,11-14,16H2,1-2H3. The molecule has 2 aromatic rings. The van der Waals surface area contributed by atoms with E-state index in [4.69, 9.17) is 11.6 Å². The summed E-state index contributed by atoms with van der Waals surface area (Å²) in [4.78, 5) is 17.1. The van der Waals surface area contributed by atoms with Crippen molar-refractivity contribution in [3.8, 4) is 0 Å². The van der Waals surface area contributed by atoms with Crippen LogP contribution in [0.4, 0.5) is 5.69 Å². The minimum atomic E-state index is -3.92. The van der Waals surface area contributed by atoms with Crippen LogP contribution in [0.1, 0.15) is 12.5 Å². The van der Waals surface area contributed by atoms with Crippen LogP contribution >= 0.6 is 11.6 Å². The maximum atomic E-state index is 13.4. The fraction of sp³-hybridized carbons (Fsp3) is 0.381. The minimum absolute atomic E-state index is 0.104. The molecule has 6 nitrogen and oxygen atoms in total. The molecule has 1 heterocycles. The van der Waals surface area contributed by atoms with Crippen molar-refractivity contribution < 1.29 is 13.2 Å². The number of piperazine rings is 1. The third kappa shape index (κ3) is 5.10. The van der Waals surface area contributed by atoms with Gasteiger partial charge >= 0.3 is 0 Å². The van der Waals surface area contributed by atoms with Gasteiger partial charge in [0.1, 0.15) is 6.54 Å². The SMILES string of the molecule is CCN1CCN(C(=O)CN(c2cccc(C)c2)S(=O)(=O)c2ccc(Cl)cc2)CC1. The Hall–Kier alpha value is -2.09. The highest BCUT2D eigenvalue weighted by Gasteiger charge is 2.30. The Kier molecular flexibility index (Phi) is 6.82. The van der Waals surface area contributed by atoms with E-state index in [0.29, 0.717) is 23.8 Å². The van der Waals surface area contributed by atoms with Gasteiger partial charge in [0.15, 0.2) is 0 Å². The molecule has 0 unspecified atom stereocenters. The lowest BCUT2D eigenvalue weighted by atomic mass is 10.2. The predicted molar refractivity (Wildman–Crippen MR) is 116 cm³/mol. The largest absolute Gasteiger partial charge is 0.339 e. The summed E-state index contributed by atoms with van der Waals surface area (Å²) in [5.41, 5.74) is 1.39. The number of carbonyl (C=O) groups is 1. The number of hydrogen-bond donors (Lipinski definition) is 0. The highest BCUT2D eigenvalue weighted by atomic mass is 35.5. The molecule has 1 amide bonds. The van der Waals surface area contributed by atoms with Gasteiger partial charge in [0.05, 0.1) is 10.6 Å². The topological polar surface area (TPSA) is 60.9 Å². The summed E-state index contributed by atoms with van der Waals surface area (Å²) in [5, 5.41) is 0.455. The number of sulfonamides is 1. The van der Waals surface area contributed by atoms with E-state index in [9.17, 15) is 13.2 Å². The van der Waals surface area contributed by atoms with E-state index in [0.717, 1.165) is 25.2 Å². The van der Waals surface area contributed by atoms with Gasteiger partial charge in [-0.15, -0.1) is 0 Å². The molecule has 0 atom stereocenters. The Morgan fingerprint density at radius 1 is 1.07 bits per heavy atom. The minimum Gasteiger partial charge on any atom is -0.339 e. The van der Waals surface area contributed by atoms with Crippen molar-refractivity contribution in [3.63, 3.8) is 0 Å². The van der Waals surface area contributed by atoms with Crippen molar-refractivity contribution in [1.29, 1.82) is 0 Å². The molecule has 0 spiro atoms. The summed E-state index contributed by atoms with van der Waals surface area (Å²) in [6, 6.07) is 13.2. The van der Waals surface area contributed by atoms with Crippen LogP contribution in [0, 0.1) is 6.92 Å². The molecule has 0 saturated carbocycles. The third-order valence-electron chi connectivity index (χ3n) is 5.14. The summed E-state index contributed by atoms with van der Waals surface area (Å²) in [5.74, 6) is -0.195. The maximum Gasteiger partial charge on any atom is 0.264 e. The van der Waals surface area contributed by atoms with Crippen LogP contribution in [0.15, 0.2) is 53.4 Å². The first-order valence-electron chi connectivity index (χ1n) is 9.66. The second-order valence-electron chi connectivity index (χ2n) is 7.12. The highest BCUT2D eigenvalue weighted by molar-refractivity contribution is 7.92. The second-order valence-corrected chi connectivity index (χ2v) is 9.42. The van der Waals surface area contributed by atoms with Crippen molar-refractivity contribution >= 4 is 33.2 Å². The molecule has 1 saturated heterocycles. The van der Waals surface area contributed by atoms with Crippen molar-refractivity contribution in [1.82, 2.24) is 9.80 Å². The van der Waals surface area contributed by atoms with Crippen LogP contribution in [0.3, 0.4) is 0 Å². The lowest BCUT2D eigenvalue weighted by Gasteiger charge is -2.35. The van der Waals surface area contributed by atoms with Crippen LogP contribution < -0.4 is 4.31 Å². The van der Waals surface area contributed by atoms with Gasteiger partial charge in [-0.3, -0.25) is 9.10 Å². The predicted octanol–water partition coefficient (Wildman–Crippen LogP) is 3.01. The fourth-order valence-corrected chi connectivity index (χ4v) is 4.90. The summed E-state index contributed by atoms with van der Waals surface area (Å²) < 4.78 is 27.9. The molecule has 0 radical (unpaired) electrons. The molecule has 0 N–H and O–H groups in total. The van der Waals surface area contributed by atoms with E-state index in [1.54, 1.807) is 23.1 Å². The molecule has 1 aliphatic heterocycles. The highest BCUT2D eigenvalue weighted by Crippen LogP contribution is 2.25. The number of aryl methyl sites for hydroxylation is 1. The zero-order chi connectivity index (χ0) is 21.0. The van der Waals surface area contributed by atoms with Gasteiger partial charge in [0.2, 0.25) is 5.91 Å². The average molecular weight is 436 g/mol. The fourth-order valence-electron chi connectivity index (χ4n) is 3.37. The van der Waals surface area contributed by atoms with Crippen molar-refractivity contribution in [3.05, 3.63) is 59.1 Å². The Balaban J connectivity index is 1.90. The number of carbonyl (C=O) groups excluding carboxylic acids is 1. The molecule has 3 rings (SSSR count). The van der Waals surface area contributed by atoms with E-state index >= 15 is 0 Å². The van der Waals surface area contributed by atoms with Crippen molar-refractivity contribution in [2.45, 2.75) is 18.7 Å².